The van der Waals surface area contributed by atoms with Crippen LogP contribution in [0.25, 0.3) is 0 Å². The largest absolute Gasteiger partial charge is 0.378 e. The van der Waals surface area contributed by atoms with Gasteiger partial charge in [0, 0.05) is 22.8 Å². The van der Waals surface area contributed by atoms with Gasteiger partial charge in [-0.1, -0.05) is 25.4 Å². The van der Waals surface area contributed by atoms with Crippen molar-refractivity contribution in [2.75, 3.05) is 11.9 Å². The van der Waals surface area contributed by atoms with E-state index in [1.54, 1.807) is 0 Å². The molecule has 2 rings (SSSR count). The van der Waals surface area contributed by atoms with Crippen LogP contribution in [0.15, 0.2) is 24.3 Å². The lowest BCUT2D eigenvalue weighted by Gasteiger charge is -2.44. The fourth-order valence-electron chi connectivity index (χ4n) is 2.62. The standard InChI is InChI=1S/C15H23ClN2/c1-14(2)7-9-15(11-17,10-8-14)18-13-5-3-12(16)4-6-13/h3-6,18H,7-11,17H2,1-2H3. The Labute approximate surface area is 115 Å². The lowest BCUT2D eigenvalue weighted by molar-refractivity contribution is 0.182. The van der Waals surface area contributed by atoms with Crippen molar-refractivity contribution in [1.29, 1.82) is 0 Å². The molecule has 0 saturated heterocycles. The molecule has 0 aromatic heterocycles. The van der Waals surface area contributed by atoms with Crippen LogP contribution in [0.3, 0.4) is 0 Å². The maximum atomic E-state index is 6.02. The number of hydrogen-bond donors (Lipinski definition) is 2. The molecule has 1 saturated carbocycles. The zero-order chi connectivity index (χ0) is 13.2. The van der Waals surface area contributed by atoms with Gasteiger partial charge in [-0.25, -0.2) is 0 Å². The Balaban J connectivity index is 2.07. The van der Waals surface area contributed by atoms with E-state index in [-0.39, 0.29) is 5.54 Å². The summed E-state index contributed by atoms with van der Waals surface area (Å²) in [6.07, 6.45) is 4.73. The van der Waals surface area contributed by atoms with Crippen LogP contribution in [0.5, 0.6) is 0 Å². The maximum Gasteiger partial charge on any atom is 0.0496 e. The first-order chi connectivity index (χ1) is 8.45. The molecule has 0 unspecified atom stereocenters. The third-order valence-corrected chi connectivity index (χ3v) is 4.46. The zero-order valence-electron chi connectivity index (χ0n) is 11.3. The second kappa shape index (κ2) is 5.10. The second-order valence-electron chi connectivity index (χ2n) is 6.28. The third-order valence-electron chi connectivity index (χ3n) is 4.21. The number of halogens is 1. The Kier molecular flexibility index (Phi) is 3.88. The van der Waals surface area contributed by atoms with Gasteiger partial charge in [-0.05, 0) is 55.4 Å². The third kappa shape index (κ3) is 3.18. The summed E-state index contributed by atoms with van der Waals surface area (Å²) in [7, 11) is 0. The molecule has 2 nitrogen and oxygen atoms in total. The SMILES string of the molecule is CC1(C)CCC(CN)(Nc2ccc(Cl)cc2)CC1. The van der Waals surface area contributed by atoms with E-state index in [9.17, 15) is 0 Å². The molecule has 1 fully saturated rings. The monoisotopic (exact) mass is 266 g/mol. The molecule has 0 spiro atoms. The highest BCUT2D eigenvalue weighted by atomic mass is 35.5. The first kappa shape index (κ1) is 13.7. The molecule has 3 N–H and O–H groups in total. The molecular formula is C15H23ClN2. The smallest absolute Gasteiger partial charge is 0.0496 e. The van der Waals surface area contributed by atoms with Gasteiger partial charge in [0.25, 0.3) is 0 Å². The minimum Gasteiger partial charge on any atom is -0.378 e. The topological polar surface area (TPSA) is 38.0 Å². The second-order valence-corrected chi connectivity index (χ2v) is 6.72. The normalized spacial score (nSPS) is 21.6. The van der Waals surface area contributed by atoms with Crippen molar-refractivity contribution in [3.63, 3.8) is 0 Å². The minimum atomic E-state index is 0.0589. The first-order valence-corrected chi connectivity index (χ1v) is 7.06. The predicted molar refractivity (Wildman–Crippen MR) is 79.1 cm³/mol. The molecule has 0 amide bonds. The van der Waals surface area contributed by atoms with Crippen LogP contribution >= 0.6 is 11.6 Å². The summed E-state index contributed by atoms with van der Waals surface area (Å²) in [6.45, 7) is 5.37. The molecule has 0 bridgehead atoms. The highest BCUT2D eigenvalue weighted by Gasteiger charge is 2.37. The molecule has 1 aliphatic carbocycles. The van der Waals surface area contributed by atoms with Crippen LogP contribution < -0.4 is 11.1 Å². The van der Waals surface area contributed by atoms with E-state index >= 15 is 0 Å². The van der Waals surface area contributed by atoms with Gasteiger partial charge in [-0.2, -0.15) is 0 Å². The van der Waals surface area contributed by atoms with Gasteiger partial charge in [-0.15, -0.1) is 0 Å². The molecule has 0 heterocycles. The van der Waals surface area contributed by atoms with Crippen molar-refractivity contribution in [1.82, 2.24) is 0 Å². The summed E-state index contributed by atoms with van der Waals surface area (Å²) in [5.74, 6) is 0. The van der Waals surface area contributed by atoms with E-state index in [1.165, 1.54) is 12.8 Å². The van der Waals surface area contributed by atoms with Crippen molar-refractivity contribution in [2.45, 2.75) is 45.1 Å². The van der Waals surface area contributed by atoms with Crippen molar-refractivity contribution in [2.24, 2.45) is 11.1 Å². The summed E-state index contributed by atoms with van der Waals surface area (Å²) in [5.41, 5.74) is 7.65. The maximum absolute atomic E-state index is 6.02. The zero-order valence-corrected chi connectivity index (χ0v) is 12.1. The highest BCUT2D eigenvalue weighted by molar-refractivity contribution is 6.30. The Morgan fingerprint density at radius 1 is 1.11 bits per heavy atom. The number of nitrogens with one attached hydrogen (secondary N) is 1. The van der Waals surface area contributed by atoms with E-state index in [2.05, 4.69) is 19.2 Å². The quantitative estimate of drug-likeness (QED) is 0.866. The summed E-state index contributed by atoms with van der Waals surface area (Å²) in [4.78, 5) is 0. The first-order valence-electron chi connectivity index (χ1n) is 6.69. The molecular weight excluding hydrogens is 244 g/mol. The van der Waals surface area contributed by atoms with Crippen LogP contribution in [-0.4, -0.2) is 12.1 Å². The van der Waals surface area contributed by atoms with E-state index in [1.807, 2.05) is 24.3 Å². The van der Waals surface area contributed by atoms with E-state index in [0.717, 1.165) is 23.6 Å². The molecule has 0 aliphatic heterocycles. The van der Waals surface area contributed by atoms with Crippen molar-refractivity contribution in [3.8, 4) is 0 Å². The number of benzene rings is 1. The van der Waals surface area contributed by atoms with Gasteiger partial charge in [0.1, 0.15) is 0 Å². The van der Waals surface area contributed by atoms with Gasteiger partial charge < -0.3 is 11.1 Å². The van der Waals surface area contributed by atoms with E-state index in [0.29, 0.717) is 12.0 Å². The molecule has 3 heteroatoms. The highest BCUT2D eigenvalue weighted by Crippen LogP contribution is 2.41. The summed E-state index contributed by atoms with van der Waals surface area (Å²) < 4.78 is 0. The molecule has 1 aromatic carbocycles. The predicted octanol–water partition coefficient (Wildman–Crippen LogP) is 4.05. The van der Waals surface area contributed by atoms with Gasteiger partial charge in [0.05, 0.1) is 0 Å². The average molecular weight is 267 g/mol. The fourth-order valence-corrected chi connectivity index (χ4v) is 2.75. The molecule has 1 aliphatic rings. The molecule has 1 aromatic rings. The summed E-state index contributed by atoms with van der Waals surface area (Å²) >= 11 is 5.91. The lowest BCUT2D eigenvalue weighted by atomic mass is 9.69. The number of anilines is 1. The Morgan fingerprint density at radius 3 is 2.17 bits per heavy atom. The Bertz CT molecular complexity index is 387. The number of rotatable bonds is 3. The lowest BCUT2D eigenvalue weighted by Crippen LogP contribution is -2.49. The van der Waals surface area contributed by atoms with Crippen LogP contribution in [-0.2, 0) is 0 Å². The molecule has 100 valence electrons. The molecule has 0 atom stereocenters. The van der Waals surface area contributed by atoms with Crippen molar-refractivity contribution in [3.05, 3.63) is 29.3 Å². The van der Waals surface area contributed by atoms with Gasteiger partial charge >= 0.3 is 0 Å². The van der Waals surface area contributed by atoms with Gasteiger partial charge in [0.15, 0.2) is 0 Å². The number of nitrogens with two attached hydrogens (primary N) is 1. The van der Waals surface area contributed by atoms with Crippen LogP contribution in [0.4, 0.5) is 5.69 Å². The summed E-state index contributed by atoms with van der Waals surface area (Å²) in [6, 6.07) is 7.89. The Morgan fingerprint density at radius 2 is 1.67 bits per heavy atom. The average Bonchev–Trinajstić information content (AvgIpc) is 2.35. The van der Waals surface area contributed by atoms with Gasteiger partial charge in [0.2, 0.25) is 0 Å². The van der Waals surface area contributed by atoms with Crippen LogP contribution in [0.2, 0.25) is 5.02 Å². The van der Waals surface area contributed by atoms with E-state index < -0.39 is 0 Å². The van der Waals surface area contributed by atoms with Crippen molar-refractivity contribution >= 4 is 17.3 Å². The van der Waals surface area contributed by atoms with Crippen LogP contribution in [0, 0.1) is 5.41 Å². The molecule has 18 heavy (non-hydrogen) atoms. The minimum absolute atomic E-state index is 0.0589. The Hall–Kier alpha value is -0.730. The fraction of sp³-hybridized carbons (Fsp3) is 0.600. The van der Waals surface area contributed by atoms with Crippen molar-refractivity contribution < 1.29 is 0 Å². The van der Waals surface area contributed by atoms with Gasteiger partial charge in [-0.3, -0.25) is 0 Å². The summed E-state index contributed by atoms with van der Waals surface area (Å²) in [5, 5.41) is 4.40. The van der Waals surface area contributed by atoms with E-state index in [4.69, 9.17) is 17.3 Å². The number of hydrogen-bond acceptors (Lipinski definition) is 2. The molecule has 0 radical (unpaired) electrons. The van der Waals surface area contributed by atoms with Crippen LogP contribution in [0.1, 0.15) is 39.5 Å².